The number of hydrogen-bond donors (Lipinski definition) is 1. The van der Waals surface area contributed by atoms with Crippen molar-refractivity contribution in [1.29, 1.82) is 0 Å². The second kappa shape index (κ2) is 5.82. The maximum atomic E-state index is 13.1. The first-order chi connectivity index (χ1) is 7.15. The summed E-state index contributed by atoms with van der Waals surface area (Å²) in [6.45, 7) is -0.0240. The van der Waals surface area contributed by atoms with Gasteiger partial charge in [-0.3, -0.25) is 4.79 Å². The lowest BCUT2D eigenvalue weighted by Crippen LogP contribution is -2.06. The minimum Gasteiger partial charge on any atom is -0.396 e. The monoisotopic (exact) mass is 232 g/mol. The van der Waals surface area contributed by atoms with Crippen molar-refractivity contribution in [2.24, 2.45) is 0 Å². The second-order valence-electron chi connectivity index (χ2n) is 2.82. The molecular weight excluding hydrogens is 222 g/mol. The summed E-state index contributed by atoms with van der Waals surface area (Å²) in [7, 11) is 0. The Morgan fingerprint density at radius 3 is 2.73 bits per heavy atom. The van der Waals surface area contributed by atoms with Gasteiger partial charge in [-0.05, 0) is 12.1 Å². The first-order valence-electron chi connectivity index (χ1n) is 4.32. The number of halogens is 2. The number of hydrogen-bond acceptors (Lipinski definition) is 3. The molecule has 1 aromatic carbocycles. The van der Waals surface area contributed by atoms with E-state index in [1.165, 1.54) is 11.8 Å². The molecule has 0 atom stereocenters. The second-order valence-corrected chi connectivity index (χ2v) is 3.93. The van der Waals surface area contributed by atoms with Gasteiger partial charge in [-0.25, -0.2) is 8.78 Å². The molecule has 0 aliphatic rings. The zero-order valence-electron chi connectivity index (χ0n) is 7.87. The van der Waals surface area contributed by atoms with Crippen LogP contribution in [0.1, 0.15) is 10.4 Å². The smallest absolute Gasteiger partial charge is 0.175 e. The van der Waals surface area contributed by atoms with Crippen molar-refractivity contribution in [3.63, 3.8) is 0 Å². The lowest BCUT2D eigenvalue weighted by molar-refractivity contribution is 0.101. The van der Waals surface area contributed by atoms with Gasteiger partial charge in [0.1, 0.15) is 11.6 Å². The summed E-state index contributed by atoms with van der Waals surface area (Å²) in [6.07, 6.45) is 0. The molecule has 0 amide bonds. The summed E-state index contributed by atoms with van der Waals surface area (Å²) in [4.78, 5) is 11.4. The third kappa shape index (κ3) is 3.60. The molecule has 1 N–H and O–H groups in total. The van der Waals surface area contributed by atoms with Crippen LogP contribution in [0.15, 0.2) is 18.2 Å². The maximum absolute atomic E-state index is 13.1. The van der Waals surface area contributed by atoms with Gasteiger partial charge in [-0.15, -0.1) is 0 Å². The first-order valence-corrected chi connectivity index (χ1v) is 5.47. The number of carbonyl (C=O) groups excluding carboxylic acids is 1. The van der Waals surface area contributed by atoms with Gasteiger partial charge in [0.25, 0.3) is 0 Å². The van der Waals surface area contributed by atoms with E-state index in [9.17, 15) is 13.6 Å². The number of aliphatic hydroxyl groups is 1. The molecule has 0 aliphatic carbocycles. The first kappa shape index (κ1) is 12.1. The minimum atomic E-state index is -0.843. The Kier molecular flexibility index (Phi) is 4.71. The van der Waals surface area contributed by atoms with Crippen molar-refractivity contribution in [2.45, 2.75) is 0 Å². The molecule has 0 aromatic heterocycles. The predicted molar refractivity (Wildman–Crippen MR) is 55.1 cm³/mol. The third-order valence-electron chi connectivity index (χ3n) is 1.70. The molecule has 0 saturated carbocycles. The fourth-order valence-electron chi connectivity index (χ4n) is 1.02. The van der Waals surface area contributed by atoms with Crippen molar-refractivity contribution in [3.8, 4) is 0 Å². The number of rotatable bonds is 5. The average Bonchev–Trinajstić information content (AvgIpc) is 2.17. The van der Waals surface area contributed by atoms with Gasteiger partial charge in [-0.1, -0.05) is 0 Å². The Hall–Kier alpha value is -0.940. The molecule has 0 bridgehead atoms. The highest BCUT2D eigenvalue weighted by molar-refractivity contribution is 8.00. The van der Waals surface area contributed by atoms with Crippen molar-refractivity contribution < 1.29 is 18.7 Å². The molecular formula is C10H10F2O2S. The molecule has 0 unspecified atom stereocenters. The van der Waals surface area contributed by atoms with Crippen molar-refractivity contribution in [1.82, 2.24) is 0 Å². The van der Waals surface area contributed by atoms with E-state index in [4.69, 9.17) is 5.11 Å². The number of carbonyl (C=O) groups is 1. The van der Waals surface area contributed by atoms with Crippen LogP contribution in [0.25, 0.3) is 0 Å². The van der Waals surface area contributed by atoms with E-state index in [-0.39, 0.29) is 17.9 Å². The Balaban J connectivity index is 2.65. The fraction of sp³-hybridized carbons (Fsp3) is 0.300. The highest BCUT2D eigenvalue weighted by Crippen LogP contribution is 2.12. The Morgan fingerprint density at radius 1 is 1.40 bits per heavy atom. The Bertz CT molecular complexity index is 355. The van der Waals surface area contributed by atoms with Crippen LogP contribution in [0.2, 0.25) is 0 Å². The molecule has 5 heteroatoms. The summed E-state index contributed by atoms with van der Waals surface area (Å²) in [5, 5.41) is 8.48. The molecule has 82 valence electrons. The van der Waals surface area contributed by atoms with Crippen LogP contribution in [0.5, 0.6) is 0 Å². The van der Waals surface area contributed by atoms with Crippen molar-refractivity contribution >= 4 is 17.5 Å². The van der Waals surface area contributed by atoms with Gasteiger partial charge in [0.05, 0.1) is 17.9 Å². The van der Waals surface area contributed by atoms with Crippen molar-refractivity contribution in [2.75, 3.05) is 18.1 Å². The van der Waals surface area contributed by atoms with Gasteiger partial charge >= 0.3 is 0 Å². The molecule has 0 aliphatic heterocycles. The van der Waals surface area contributed by atoms with Crippen molar-refractivity contribution in [3.05, 3.63) is 35.4 Å². The minimum absolute atomic E-state index is 0.0240. The average molecular weight is 232 g/mol. The lowest BCUT2D eigenvalue weighted by atomic mass is 10.1. The van der Waals surface area contributed by atoms with Crippen LogP contribution in [-0.2, 0) is 0 Å². The number of benzene rings is 1. The van der Waals surface area contributed by atoms with Gasteiger partial charge in [0.2, 0.25) is 0 Å². The van der Waals surface area contributed by atoms with Crippen LogP contribution in [-0.4, -0.2) is 29.0 Å². The quantitative estimate of drug-likeness (QED) is 0.622. The summed E-state index contributed by atoms with van der Waals surface area (Å²) in [5.74, 6) is -1.43. The number of Topliss-reactive ketones (excluding diaryl/α,β-unsaturated/α-hetero) is 1. The molecule has 0 fully saturated rings. The summed E-state index contributed by atoms with van der Waals surface area (Å²) in [5.41, 5.74) is -0.109. The summed E-state index contributed by atoms with van der Waals surface area (Å²) in [6, 6.07) is 2.86. The topological polar surface area (TPSA) is 37.3 Å². The third-order valence-corrected chi connectivity index (χ3v) is 2.64. The molecule has 0 radical (unpaired) electrons. The highest BCUT2D eigenvalue weighted by Gasteiger charge is 2.11. The van der Waals surface area contributed by atoms with E-state index >= 15 is 0 Å². The number of ketones is 1. The summed E-state index contributed by atoms with van der Waals surface area (Å²) < 4.78 is 25.6. The number of aliphatic hydroxyl groups excluding tert-OH is 1. The van der Waals surface area contributed by atoms with Crippen LogP contribution >= 0.6 is 11.8 Å². The largest absolute Gasteiger partial charge is 0.396 e. The Morgan fingerprint density at radius 2 is 2.13 bits per heavy atom. The molecule has 2 nitrogen and oxygen atoms in total. The Labute approximate surface area is 90.3 Å². The number of thioether (sulfide) groups is 1. The molecule has 0 saturated heterocycles. The van der Waals surface area contributed by atoms with E-state index in [0.29, 0.717) is 11.8 Å². The van der Waals surface area contributed by atoms with Crippen LogP contribution < -0.4 is 0 Å². The highest BCUT2D eigenvalue weighted by atomic mass is 32.2. The standard InChI is InChI=1S/C10H10F2O2S/c11-7-1-2-8(9(12)5-7)10(14)6-15-4-3-13/h1-2,5,13H,3-4,6H2. The SMILES string of the molecule is O=C(CSCCO)c1ccc(F)cc1F. The van der Waals surface area contributed by atoms with E-state index < -0.39 is 17.4 Å². The van der Waals surface area contributed by atoms with Gasteiger partial charge in [-0.2, -0.15) is 11.8 Å². The zero-order valence-corrected chi connectivity index (χ0v) is 8.69. The van der Waals surface area contributed by atoms with Crippen LogP contribution in [0.3, 0.4) is 0 Å². The molecule has 0 heterocycles. The van der Waals surface area contributed by atoms with Gasteiger partial charge in [0, 0.05) is 11.8 Å². The van der Waals surface area contributed by atoms with E-state index in [2.05, 4.69) is 0 Å². The van der Waals surface area contributed by atoms with E-state index in [1.807, 2.05) is 0 Å². The predicted octanol–water partition coefficient (Wildman–Crippen LogP) is 1.87. The van der Waals surface area contributed by atoms with Gasteiger partial charge < -0.3 is 5.11 Å². The van der Waals surface area contributed by atoms with E-state index in [0.717, 1.165) is 12.1 Å². The molecule has 1 aromatic rings. The zero-order chi connectivity index (χ0) is 11.3. The van der Waals surface area contributed by atoms with E-state index in [1.54, 1.807) is 0 Å². The van der Waals surface area contributed by atoms with Crippen LogP contribution in [0, 0.1) is 11.6 Å². The molecule has 1 rings (SSSR count). The van der Waals surface area contributed by atoms with Gasteiger partial charge in [0.15, 0.2) is 5.78 Å². The molecule has 15 heavy (non-hydrogen) atoms. The fourth-order valence-corrected chi connectivity index (χ4v) is 1.64. The summed E-state index contributed by atoms with van der Waals surface area (Å²) >= 11 is 1.21. The van der Waals surface area contributed by atoms with Crippen LogP contribution in [0.4, 0.5) is 8.78 Å². The molecule has 0 spiro atoms. The lowest BCUT2D eigenvalue weighted by Gasteiger charge is -2.01. The maximum Gasteiger partial charge on any atom is 0.175 e. The normalized spacial score (nSPS) is 10.3.